The first-order chi connectivity index (χ1) is 15.1. The van der Waals surface area contributed by atoms with Crippen LogP contribution in [0.4, 0.5) is 0 Å². The van der Waals surface area contributed by atoms with Crippen LogP contribution in [0.2, 0.25) is 0 Å². The summed E-state index contributed by atoms with van der Waals surface area (Å²) in [5, 5.41) is 9.44. The molecule has 0 bridgehead atoms. The first-order valence-electron chi connectivity index (χ1n) is 10.4. The van der Waals surface area contributed by atoms with Crippen LogP contribution >= 0.6 is 0 Å². The third-order valence-electron chi connectivity index (χ3n) is 5.44. The van der Waals surface area contributed by atoms with Crippen LogP contribution in [0.25, 0.3) is 0 Å². The molecule has 0 fully saturated rings. The van der Waals surface area contributed by atoms with Crippen LogP contribution < -0.4 is 9.47 Å². The summed E-state index contributed by atoms with van der Waals surface area (Å²) in [7, 11) is 0. The van der Waals surface area contributed by atoms with E-state index in [0.717, 1.165) is 35.3 Å². The SMILES string of the molecule is C=CCOc1ccc(C(C)(CCCO)c2ccc(Oc3ccc(C=O)cc3)cc2)cc1. The first kappa shape index (κ1) is 22.3. The van der Waals surface area contributed by atoms with Crippen LogP contribution in [-0.2, 0) is 5.41 Å². The number of carbonyl (C=O) groups excluding carboxylic acids is 1. The Bertz CT molecular complexity index is 975. The molecule has 1 atom stereocenters. The fraction of sp³-hybridized carbons (Fsp3) is 0.222. The molecule has 0 radical (unpaired) electrons. The van der Waals surface area contributed by atoms with E-state index in [1.165, 1.54) is 0 Å². The van der Waals surface area contributed by atoms with Gasteiger partial charge in [0, 0.05) is 17.6 Å². The lowest BCUT2D eigenvalue weighted by Gasteiger charge is -2.31. The summed E-state index contributed by atoms with van der Waals surface area (Å²) in [6.07, 6.45) is 4.04. The van der Waals surface area contributed by atoms with Gasteiger partial charge in [0.15, 0.2) is 0 Å². The van der Waals surface area contributed by atoms with Gasteiger partial charge in [-0.2, -0.15) is 0 Å². The quantitative estimate of drug-likeness (QED) is 0.311. The number of rotatable bonds is 11. The Balaban J connectivity index is 1.82. The molecular weight excluding hydrogens is 388 g/mol. The molecule has 3 aromatic rings. The summed E-state index contributed by atoms with van der Waals surface area (Å²) in [4.78, 5) is 10.8. The summed E-state index contributed by atoms with van der Waals surface area (Å²) in [6, 6.07) is 23.1. The summed E-state index contributed by atoms with van der Waals surface area (Å²) < 4.78 is 11.5. The molecule has 0 saturated carbocycles. The first-order valence-corrected chi connectivity index (χ1v) is 10.4. The lowest BCUT2D eigenvalue weighted by Crippen LogP contribution is -2.24. The number of ether oxygens (including phenoxy) is 2. The maximum Gasteiger partial charge on any atom is 0.150 e. The maximum absolute atomic E-state index is 10.8. The zero-order chi connectivity index (χ0) is 22.1. The molecule has 1 N–H and O–H groups in total. The maximum atomic E-state index is 10.8. The van der Waals surface area contributed by atoms with Gasteiger partial charge in [-0.25, -0.2) is 0 Å². The van der Waals surface area contributed by atoms with E-state index in [2.05, 4.69) is 37.8 Å². The van der Waals surface area contributed by atoms with Crippen LogP contribution in [0.3, 0.4) is 0 Å². The van der Waals surface area contributed by atoms with Crippen LogP contribution in [0.15, 0.2) is 85.5 Å². The molecule has 4 nitrogen and oxygen atoms in total. The monoisotopic (exact) mass is 416 g/mol. The highest BCUT2D eigenvalue weighted by atomic mass is 16.5. The molecule has 1 unspecified atom stereocenters. The lowest BCUT2D eigenvalue weighted by molar-refractivity contribution is 0.112. The number of aliphatic hydroxyl groups is 1. The molecule has 0 aromatic heterocycles. The largest absolute Gasteiger partial charge is 0.490 e. The van der Waals surface area contributed by atoms with Gasteiger partial charge >= 0.3 is 0 Å². The van der Waals surface area contributed by atoms with Gasteiger partial charge in [0.25, 0.3) is 0 Å². The number of hydrogen-bond acceptors (Lipinski definition) is 4. The zero-order valence-corrected chi connectivity index (χ0v) is 17.8. The molecule has 3 rings (SSSR count). The van der Waals surface area contributed by atoms with Crippen LogP contribution in [0.1, 0.15) is 41.3 Å². The minimum absolute atomic E-state index is 0.147. The van der Waals surface area contributed by atoms with Crippen molar-refractivity contribution >= 4 is 6.29 Å². The van der Waals surface area contributed by atoms with Gasteiger partial charge in [-0.3, -0.25) is 4.79 Å². The predicted octanol–water partition coefficient (Wildman–Crippen LogP) is 5.93. The van der Waals surface area contributed by atoms with Crippen LogP contribution in [-0.4, -0.2) is 24.6 Å². The topological polar surface area (TPSA) is 55.8 Å². The van der Waals surface area contributed by atoms with E-state index in [0.29, 0.717) is 24.3 Å². The molecule has 31 heavy (non-hydrogen) atoms. The van der Waals surface area contributed by atoms with Crippen molar-refractivity contribution in [1.82, 2.24) is 0 Å². The van der Waals surface area contributed by atoms with E-state index < -0.39 is 0 Å². The second-order valence-corrected chi connectivity index (χ2v) is 7.60. The van der Waals surface area contributed by atoms with Crippen LogP contribution in [0.5, 0.6) is 17.2 Å². The van der Waals surface area contributed by atoms with Crippen molar-refractivity contribution in [2.45, 2.75) is 25.2 Å². The molecule has 3 aromatic carbocycles. The van der Waals surface area contributed by atoms with Crippen molar-refractivity contribution in [1.29, 1.82) is 0 Å². The normalized spacial score (nSPS) is 12.6. The van der Waals surface area contributed by atoms with E-state index in [1.54, 1.807) is 30.3 Å². The lowest BCUT2D eigenvalue weighted by atomic mass is 9.73. The number of hydrogen-bond donors (Lipinski definition) is 1. The second kappa shape index (κ2) is 10.6. The van der Waals surface area contributed by atoms with E-state index >= 15 is 0 Å². The summed E-state index contributed by atoms with van der Waals surface area (Å²) in [5.41, 5.74) is 2.65. The summed E-state index contributed by atoms with van der Waals surface area (Å²) >= 11 is 0. The number of aliphatic hydroxyl groups excluding tert-OH is 1. The van der Waals surface area contributed by atoms with Crippen molar-refractivity contribution in [3.8, 4) is 17.2 Å². The Morgan fingerprint density at radius 2 is 1.39 bits per heavy atom. The highest BCUT2D eigenvalue weighted by Gasteiger charge is 2.28. The molecule has 4 heteroatoms. The minimum atomic E-state index is -0.260. The Morgan fingerprint density at radius 3 is 1.87 bits per heavy atom. The smallest absolute Gasteiger partial charge is 0.150 e. The van der Waals surface area contributed by atoms with E-state index in [9.17, 15) is 9.90 Å². The van der Waals surface area contributed by atoms with Crippen molar-refractivity contribution < 1.29 is 19.4 Å². The van der Waals surface area contributed by atoms with E-state index in [1.807, 2.05) is 24.3 Å². The average Bonchev–Trinajstić information content (AvgIpc) is 2.82. The van der Waals surface area contributed by atoms with Gasteiger partial charge in [-0.05, 0) is 72.5 Å². The summed E-state index contributed by atoms with van der Waals surface area (Å²) in [6.45, 7) is 6.48. The van der Waals surface area contributed by atoms with Gasteiger partial charge in [-0.15, -0.1) is 0 Å². The van der Waals surface area contributed by atoms with Crippen molar-refractivity contribution in [3.05, 3.63) is 102 Å². The molecule has 0 saturated heterocycles. The van der Waals surface area contributed by atoms with Gasteiger partial charge in [0.1, 0.15) is 30.1 Å². The van der Waals surface area contributed by atoms with E-state index in [4.69, 9.17) is 9.47 Å². The van der Waals surface area contributed by atoms with Crippen molar-refractivity contribution in [2.75, 3.05) is 13.2 Å². The highest BCUT2D eigenvalue weighted by Crippen LogP contribution is 2.38. The molecule has 0 amide bonds. The number of aldehydes is 1. The Hall–Kier alpha value is -3.37. The van der Waals surface area contributed by atoms with Crippen molar-refractivity contribution in [3.63, 3.8) is 0 Å². The molecule has 0 aliphatic heterocycles. The molecular formula is C27H28O4. The average molecular weight is 417 g/mol. The Morgan fingerprint density at radius 1 is 0.871 bits per heavy atom. The fourth-order valence-electron chi connectivity index (χ4n) is 3.60. The Kier molecular flexibility index (Phi) is 7.63. The molecule has 0 spiro atoms. The van der Waals surface area contributed by atoms with Crippen molar-refractivity contribution in [2.24, 2.45) is 0 Å². The predicted molar refractivity (Wildman–Crippen MR) is 123 cm³/mol. The second-order valence-electron chi connectivity index (χ2n) is 7.60. The zero-order valence-electron chi connectivity index (χ0n) is 17.8. The van der Waals surface area contributed by atoms with Gasteiger partial charge in [-0.1, -0.05) is 43.8 Å². The van der Waals surface area contributed by atoms with Gasteiger partial charge in [0.05, 0.1) is 0 Å². The van der Waals surface area contributed by atoms with E-state index in [-0.39, 0.29) is 12.0 Å². The minimum Gasteiger partial charge on any atom is -0.490 e. The van der Waals surface area contributed by atoms with Gasteiger partial charge in [0.2, 0.25) is 0 Å². The third kappa shape index (κ3) is 5.62. The molecule has 0 aliphatic rings. The van der Waals surface area contributed by atoms with Gasteiger partial charge < -0.3 is 14.6 Å². The number of carbonyl (C=O) groups is 1. The molecule has 0 aliphatic carbocycles. The highest BCUT2D eigenvalue weighted by molar-refractivity contribution is 5.74. The van der Waals surface area contributed by atoms with Crippen LogP contribution in [0, 0.1) is 0 Å². The Labute approximate surface area is 183 Å². The standard InChI is InChI=1S/C27H28O4/c1-3-19-30-24-13-7-22(8-14-24)27(2,17-4-18-28)23-9-15-26(16-10-23)31-25-11-5-21(20-29)6-12-25/h3,5-16,20,28H,1,4,17-19H2,2H3. The molecule has 160 valence electrons. The third-order valence-corrected chi connectivity index (χ3v) is 5.44. The summed E-state index contributed by atoms with van der Waals surface area (Å²) in [5.74, 6) is 2.20. The molecule has 0 heterocycles. The number of benzene rings is 3. The fourth-order valence-corrected chi connectivity index (χ4v) is 3.60.